The van der Waals surface area contributed by atoms with Gasteiger partial charge in [0.05, 0.1) is 6.61 Å². The van der Waals surface area contributed by atoms with Gasteiger partial charge >= 0.3 is 5.97 Å². The van der Waals surface area contributed by atoms with Crippen LogP contribution >= 0.6 is 0 Å². The summed E-state index contributed by atoms with van der Waals surface area (Å²) in [7, 11) is 0. The number of hydrogen-bond acceptors (Lipinski definition) is 3. The van der Waals surface area contributed by atoms with Gasteiger partial charge in [-0.15, -0.1) is 0 Å². The summed E-state index contributed by atoms with van der Waals surface area (Å²) in [5.41, 5.74) is 6.62. The molecule has 86 valence electrons. The molecule has 0 aromatic heterocycles. The zero-order valence-electron chi connectivity index (χ0n) is 9.09. The molecule has 0 aliphatic rings. The number of rotatable bonds is 5. The topological polar surface area (TPSA) is 72.5 Å². The maximum absolute atomic E-state index is 10.3. The lowest BCUT2D eigenvalue weighted by atomic mass is 10.1. The van der Waals surface area contributed by atoms with Gasteiger partial charge in [-0.25, -0.2) is 4.79 Å². The minimum Gasteiger partial charge on any atom is -0.494 e. The summed E-state index contributed by atoms with van der Waals surface area (Å²) in [5, 5.41) is 8.46. The van der Waals surface area contributed by atoms with Crippen LogP contribution in [0, 0.1) is 0 Å². The third-order valence-electron chi connectivity index (χ3n) is 2.02. The van der Waals surface area contributed by atoms with Crippen molar-refractivity contribution in [3.63, 3.8) is 0 Å². The second-order valence-corrected chi connectivity index (χ2v) is 3.23. The van der Waals surface area contributed by atoms with E-state index in [-0.39, 0.29) is 0 Å². The van der Waals surface area contributed by atoms with Crippen molar-refractivity contribution in [3.8, 4) is 5.75 Å². The molecule has 4 nitrogen and oxygen atoms in total. The van der Waals surface area contributed by atoms with Gasteiger partial charge in [0, 0.05) is 12.1 Å². The summed E-state index contributed by atoms with van der Waals surface area (Å²) in [5.74, 6) is -0.220. The molecule has 16 heavy (non-hydrogen) atoms. The lowest BCUT2D eigenvalue weighted by Crippen LogP contribution is -2.07. The molecular weight excluding hydrogens is 206 g/mol. The molecule has 1 aromatic rings. The molecular formula is C12H15NO3. The Morgan fingerprint density at radius 1 is 1.50 bits per heavy atom. The second-order valence-electron chi connectivity index (χ2n) is 3.23. The van der Waals surface area contributed by atoms with Crippen LogP contribution in [0.3, 0.4) is 0 Å². The Morgan fingerprint density at radius 3 is 2.62 bits per heavy atom. The lowest BCUT2D eigenvalue weighted by Gasteiger charge is -2.08. The van der Waals surface area contributed by atoms with E-state index in [4.69, 9.17) is 15.6 Å². The van der Waals surface area contributed by atoms with Gasteiger partial charge in [-0.2, -0.15) is 0 Å². The Bertz CT molecular complexity index is 370. The van der Waals surface area contributed by atoms with Crippen molar-refractivity contribution < 1.29 is 14.6 Å². The summed E-state index contributed by atoms with van der Waals surface area (Å²) in [6.07, 6.45) is 2.49. The van der Waals surface area contributed by atoms with Crippen molar-refractivity contribution in [1.82, 2.24) is 0 Å². The highest BCUT2D eigenvalue weighted by molar-refractivity contribution is 5.79. The molecule has 0 radical (unpaired) electrons. The van der Waals surface area contributed by atoms with E-state index in [0.717, 1.165) is 17.4 Å². The van der Waals surface area contributed by atoms with Crippen molar-refractivity contribution in [1.29, 1.82) is 0 Å². The standard InChI is InChI=1S/C12H15NO3/c1-2-16-10-5-3-9(4-6-10)11(13)7-8-12(14)15/h3-8,11H,2,13H2,1H3,(H,14,15)/b8-7+. The first kappa shape index (κ1) is 12.3. The third-order valence-corrected chi connectivity index (χ3v) is 2.02. The molecule has 0 amide bonds. The SMILES string of the molecule is CCOc1ccc(C(N)/C=C/C(=O)O)cc1. The molecule has 0 aliphatic heterocycles. The fraction of sp³-hybridized carbons (Fsp3) is 0.250. The number of carboxylic acid groups (broad SMARTS) is 1. The molecule has 0 saturated carbocycles. The van der Waals surface area contributed by atoms with Crippen LogP contribution in [0.4, 0.5) is 0 Å². The Labute approximate surface area is 94.3 Å². The van der Waals surface area contributed by atoms with Crippen LogP contribution in [0.1, 0.15) is 18.5 Å². The molecule has 0 bridgehead atoms. The van der Waals surface area contributed by atoms with Crippen LogP contribution in [0.5, 0.6) is 5.75 Å². The largest absolute Gasteiger partial charge is 0.494 e. The van der Waals surface area contributed by atoms with E-state index in [1.54, 1.807) is 0 Å². The number of carboxylic acids is 1. The summed E-state index contributed by atoms with van der Waals surface area (Å²) < 4.78 is 5.29. The van der Waals surface area contributed by atoms with Gasteiger partial charge in [-0.1, -0.05) is 18.2 Å². The van der Waals surface area contributed by atoms with Gasteiger partial charge in [0.25, 0.3) is 0 Å². The molecule has 0 spiro atoms. The highest BCUT2D eigenvalue weighted by Crippen LogP contribution is 2.17. The van der Waals surface area contributed by atoms with Gasteiger partial charge in [-0.3, -0.25) is 0 Å². The zero-order chi connectivity index (χ0) is 12.0. The van der Waals surface area contributed by atoms with Crippen molar-refractivity contribution >= 4 is 5.97 Å². The molecule has 1 atom stereocenters. The van der Waals surface area contributed by atoms with E-state index in [2.05, 4.69) is 0 Å². The molecule has 0 fully saturated rings. The first-order valence-corrected chi connectivity index (χ1v) is 5.03. The minimum absolute atomic E-state index is 0.410. The van der Waals surface area contributed by atoms with E-state index >= 15 is 0 Å². The number of aliphatic carboxylic acids is 1. The van der Waals surface area contributed by atoms with Crippen LogP contribution in [0.2, 0.25) is 0 Å². The number of hydrogen-bond donors (Lipinski definition) is 2. The van der Waals surface area contributed by atoms with Gasteiger partial charge in [0.1, 0.15) is 5.75 Å². The number of nitrogens with two attached hydrogens (primary N) is 1. The number of benzene rings is 1. The van der Waals surface area contributed by atoms with Gasteiger partial charge in [0.2, 0.25) is 0 Å². The molecule has 1 unspecified atom stereocenters. The van der Waals surface area contributed by atoms with E-state index in [0.29, 0.717) is 6.61 Å². The maximum Gasteiger partial charge on any atom is 0.328 e. The highest BCUT2D eigenvalue weighted by atomic mass is 16.5. The molecule has 4 heteroatoms. The third kappa shape index (κ3) is 3.74. The summed E-state index contributed by atoms with van der Waals surface area (Å²) in [6, 6.07) is 6.86. The average molecular weight is 221 g/mol. The van der Waals surface area contributed by atoms with E-state index in [1.165, 1.54) is 6.08 Å². The smallest absolute Gasteiger partial charge is 0.328 e. The Morgan fingerprint density at radius 2 is 2.12 bits per heavy atom. The highest BCUT2D eigenvalue weighted by Gasteiger charge is 2.02. The van der Waals surface area contributed by atoms with Crippen molar-refractivity contribution in [3.05, 3.63) is 42.0 Å². The van der Waals surface area contributed by atoms with Crippen LogP contribution in [-0.2, 0) is 4.79 Å². The second kappa shape index (κ2) is 5.92. The average Bonchev–Trinajstić information content (AvgIpc) is 2.27. The first-order chi connectivity index (χ1) is 7.63. The van der Waals surface area contributed by atoms with E-state index in [1.807, 2.05) is 31.2 Å². The van der Waals surface area contributed by atoms with Gasteiger partial charge in [-0.05, 0) is 24.6 Å². The monoisotopic (exact) mass is 221 g/mol. The molecule has 1 aromatic carbocycles. The van der Waals surface area contributed by atoms with E-state index < -0.39 is 12.0 Å². The predicted molar refractivity (Wildman–Crippen MR) is 61.3 cm³/mol. The Kier molecular flexibility index (Phi) is 4.54. The van der Waals surface area contributed by atoms with E-state index in [9.17, 15) is 4.79 Å². The molecule has 0 saturated heterocycles. The minimum atomic E-state index is -0.999. The quantitative estimate of drug-likeness (QED) is 0.742. The summed E-state index contributed by atoms with van der Waals surface area (Å²) >= 11 is 0. The zero-order valence-corrected chi connectivity index (χ0v) is 9.09. The van der Waals surface area contributed by atoms with Crippen molar-refractivity contribution in [2.45, 2.75) is 13.0 Å². The first-order valence-electron chi connectivity index (χ1n) is 5.03. The van der Waals surface area contributed by atoms with Gasteiger partial charge in [0.15, 0.2) is 0 Å². The lowest BCUT2D eigenvalue weighted by molar-refractivity contribution is -0.131. The normalized spacial score (nSPS) is 12.6. The maximum atomic E-state index is 10.3. The van der Waals surface area contributed by atoms with Gasteiger partial charge < -0.3 is 15.6 Å². The fourth-order valence-corrected chi connectivity index (χ4v) is 1.25. The molecule has 0 aliphatic carbocycles. The van der Waals surface area contributed by atoms with Crippen molar-refractivity contribution in [2.24, 2.45) is 5.73 Å². The Balaban J connectivity index is 2.69. The van der Waals surface area contributed by atoms with Crippen molar-refractivity contribution in [2.75, 3.05) is 6.61 Å². The molecule has 1 rings (SSSR count). The molecule has 0 heterocycles. The Hall–Kier alpha value is -1.81. The summed E-state index contributed by atoms with van der Waals surface area (Å²) in [4.78, 5) is 10.3. The number of ether oxygens (including phenoxy) is 1. The van der Waals surface area contributed by atoms with Crippen LogP contribution < -0.4 is 10.5 Å². The van der Waals surface area contributed by atoms with Crippen LogP contribution in [0.15, 0.2) is 36.4 Å². The summed E-state index contributed by atoms with van der Waals surface area (Å²) in [6.45, 7) is 2.53. The fourth-order valence-electron chi connectivity index (χ4n) is 1.25. The van der Waals surface area contributed by atoms with Crippen LogP contribution in [-0.4, -0.2) is 17.7 Å². The number of carbonyl (C=O) groups is 1. The molecule has 3 N–H and O–H groups in total. The van der Waals surface area contributed by atoms with Crippen LogP contribution in [0.25, 0.3) is 0 Å². The predicted octanol–water partition coefficient (Wildman–Crippen LogP) is 1.73.